The highest BCUT2D eigenvalue weighted by Crippen LogP contribution is 2.22. The van der Waals surface area contributed by atoms with Crippen LogP contribution in [0.3, 0.4) is 0 Å². The number of ether oxygens (including phenoxy) is 2. The Kier molecular flexibility index (Phi) is 6.34. The largest absolute Gasteiger partial charge is 0.493 e. The molecule has 0 spiro atoms. The van der Waals surface area contributed by atoms with Gasteiger partial charge < -0.3 is 14.8 Å². The summed E-state index contributed by atoms with van der Waals surface area (Å²) in [5.41, 5.74) is 0.378. The van der Waals surface area contributed by atoms with Gasteiger partial charge in [-0.15, -0.1) is 11.3 Å². The molecule has 0 aliphatic heterocycles. The fourth-order valence-corrected chi connectivity index (χ4v) is 2.53. The Hall–Kier alpha value is -2.85. The van der Waals surface area contributed by atoms with Gasteiger partial charge in [-0.25, -0.2) is 0 Å². The molecule has 7 heteroatoms. The summed E-state index contributed by atoms with van der Waals surface area (Å²) in [5.74, 6) is -0.343. The number of nitriles is 1. The minimum absolute atomic E-state index is 0.0367. The Labute approximate surface area is 143 Å². The molecule has 0 aliphatic rings. The van der Waals surface area contributed by atoms with E-state index in [2.05, 4.69) is 5.32 Å². The van der Waals surface area contributed by atoms with Crippen molar-refractivity contribution < 1.29 is 19.1 Å². The third-order valence-electron chi connectivity index (χ3n) is 3.02. The van der Waals surface area contributed by atoms with E-state index in [0.717, 1.165) is 0 Å². The second kappa shape index (κ2) is 8.70. The first kappa shape index (κ1) is 17.5. The summed E-state index contributed by atoms with van der Waals surface area (Å²) >= 11 is 1.24. The van der Waals surface area contributed by atoms with Gasteiger partial charge in [0.05, 0.1) is 18.6 Å². The predicted molar refractivity (Wildman–Crippen MR) is 89.8 cm³/mol. The Morgan fingerprint density at radius 3 is 2.75 bits per heavy atom. The van der Waals surface area contributed by atoms with E-state index < -0.39 is 18.0 Å². The fourth-order valence-electron chi connectivity index (χ4n) is 1.79. The number of para-hydroxylation sites is 1. The molecule has 2 rings (SSSR count). The van der Waals surface area contributed by atoms with E-state index in [1.165, 1.54) is 18.3 Å². The van der Waals surface area contributed by atoms with Gasteiger partial charge in [0.1, 0.15) is 16.8 Å². The molecule has 0 bridgehead atoms. The number of hydrogen-bond donors (Lipinski definition) is 1. The van der Waals surface area contributed by atoms with Gasteiger partial charge in [-0.1, -0.05) is 18.2 Å². The van der Waals surface area contributed by atoms with Gasteiger partial charge in [0.15, 0.2) is 6.10 Å². The van der Waals surface area contributed by atoms with E-state index in [1.807, 2.05) is 24.3 Å². The van der Waals surface area contributed by atoms with Crippen LogP contribution in [-0.4, -0.2) is 24.6 Å². The first-order valence-electron chi connectivity index (χ1n) is 7.26. The molecule has 0 saturated heterocycles. The molecule has 1 N–H and O–H groups in total. The second-order valence-electron chi connectivity index (χ2n) is 4.81. The monoisotopic (exact) mass is 344 g/mol. The van der Waals surface area contributed by atoms with Gasteiger partial charge in [-0.3, -0.25) is 9.59 Å². The van der Waals surface area contributed by atoms with Crippen LogP contribution in [0, 0.1) is 11.3 Å². The Morgan fingerprint density at radius 1 is 1.29 bits per heavy atom. The van der Waals surface area contributed by atoms with Gasteiger partial charge in [0.2, 0.25) is 0 Å². The van der Waals surface area contributed by atoms with Crippen molar-refractivity contribution in [3.8, 4) is 11.8 Å². The molecular weight excluding hydrogens is 328 g/mol. The topological polar surface area (TPSA) is 88.4 Å². The highest BCUT2D eigenvalue weighted by molar-refractivity contribution is 7.14. The number of nitrogens with zero attached hydrogens (tertiary/aromatic N) is 1. The highest BCUT2D eigenvalue weighted by Gasteiger charge is 2.19. The quantitative estimate of drug-likeness (QED) is 0.780. The van der Waals surface area contributed by atoms with Crippen molar-refractivity contribution in [2.75, 3.05) is 11.9 Å². The van der Waals surface area contributed by atoms with Crippen LogP contribution in [0.1, 0.15) is 18.9 Å². The van der Waals surface area contributed by atoms with Crippen molar-refractivity contribution in [2.45, 2.75) is 19.4 Å². The van der Waals surface area contributed by atoms with Crippen molar-refractivity contribution in [2.24, 2.45) is 0 Å². The van der Waals surface area contributed by atoms with Crippen molar-refractivity contribution in [1.82, 2.24) is 0 Å². The van der Waals surface area contributed by atoms with Crippen LogP contribution in [0.25, 0.3) is 0 Å². The number of hydrogen-bond acceptors (Lipinski definition) is 6. The smallest absolute Gasteiger partial charge is 0.310 e. The summed E-state index contributed by atoms with van der Waals surface area (Å²) in [6, 6.07) is 12.7. The van der Waals surface area contributed by atoms with Gasteiger partial charge in [0, 0.05) is 0 Å². The van der Waals surface area contributed by atoms with E-state index in [-0.39, 0.29) is 13.0 Å². The number of carbonyl (C=O) groups is 2. The molecular formula is C17H16N2O4S. The molecule has 0 fully saturated rings. The lowest BCUT2D eigenvalue weighted by Gasteiger charge is -2.13. The lowest BCUT2D eigenvalue weighted by Crippen LogP contribution is -2.30. The lowest BCUT2D eigenvalue weighted by molar-refractivity contribution is -0.153. The van der Waals surface area contributed by atoms with Crippen molar-refractivity contribution in [3.05, 3.63) is 47.3 Å². The van der Waals surface area contributed by atoms with Crippen LogP contribution in [0.15, 0.2) is 41.8 Å². The summed E-state index contributed by atoms with van der Waals surface area (Å²) in [4.78, 5) is 23.7. The summed E-state index contributed by atoms with van der Waals surface area (Å²) < 4.78 is 10.5. The van der Waals surface area contributed by atoms with Gasteiger partial charge >= 0.3 is 5.97 Å². The Balaban J connectivity index is 1.74. The molecule has 0 saturated carbocycles. The first-order valence-corrected chi connectivity index (χ1v) is 8.14. The number of anilines is 1. The Morgan fingerprint density at radius 2 is 2.04 bits per heavy atom. The number of benzene rings is 1. The zero-order valence-electron chi connectivity index (χ0n) is 13.0. The average molecular weight is 344 g/mol. The molecule has 0 unspecified atom stereocenters. The normalized spacial score (nSPS) is 11.2. The maximum absolute atomic E-state index is 12.0. The van der Waals surface area contributed by atoms with Crippen LogP contribution in [0.4, 0.5) is 5.00 Å². The van der Waals surface area contributed by atoms with E-state index in [1.54, 1.807) is 23.6 Å². The van der Waals surface area contributed by atoms with E-state index in [4.69, 9.17) is 14.7 Å². The second-order valence-corrected chi connectivity index (χ2v) is 5.72. The van der Waals surface area contributed by atoms with Crippen LogP contribution < -0.4 is 10.1 Å². The van der Waals surface area contributed by atoms with Crippen molar-refractivity contribution in [3.63, 3.8) is 0 Å². The summed E-state index contributed by atoms with van der Waals surface area (Å²) in [7, 11) is 0. The molecule has 0 radical (unpaired) electrons. The number of amides is 1. The maximum atomic E-state index is 12.0. The zero-order chi connectivity index (χ0) is 17.4. The highest BCUT2D eigenvalue weighted by atomic mass is 32.1. The summed E-state index contributed by atoms with van der Waals surface area (Å²) in [6.07, 6.45) is -0.919. The molecule has 1 atom stereocenters. The van der Waals surface area contributed by atoms with Crippen LogP contribution in [0.5, 0.6) is 5.75 Å². The SMILES string of the molecule is C[C@H](OC(=O)CCOc1ccccc1)C(=O)Nc1sccc1C#N. The van der Waals surface area contributed by atoms with Gasteiger partial charge in [-0.05, 0) is 30.5 Å². The van der Waals surface area contributed by atoms with Crippen molar-refractivity contribution in [1.29, 1.82) is 5.26 Å². The minimum Gasteiger partial charge on any atom is -0.493 e. The maximum Gasteiger partial charge on any atom is 0.310 e. The van der Waals surface area contributed by atoms with E-state index in [0.29, 0.717) is 16.3 Å². The Bertz CT molecular complexity index is 737. The van der Waals surface area contributed by atoms with E-state index in [9.17, 15) is 9.59 Å². The van der Waals surface area contributed by atoms with Gasteiger partial charge in [0.25, 0.3) is 5.91 Å². The summed E-state index contributed by atoms with van der Waals surface area (Å²) in [6.45, 7) is 1.64. The molecule has 1 amide bonds. The number of esters is 1. The van der Waals surface area contributed by atoms with Crippen LogP contribution in [-0.2, 0) is 14.3 Å². The number of thiophene rings is 1. The number of nitrogens with one attached hydrogen (secondary N) is 1. The van der Waals surface area contributed by atoms with Crippen LogP contribution >= 0.6 is 11.3 Å². The lowest BCUT2D eigenvalue weighted by atomic mass is 10.3. The molecule has 124 valence electrons. The standard InChI is InChI=1S/C17H16N2O4S/c1-12(16(21)19-17-13(11-18)8-10-24-17)23-15(20)7-9-22-14-5-3-2-4-6-14/h2-6,8,10,12H,7,9H2,1H3,(H,19,21)/t12-/m0/s1. The molecule has 0 aliphatic carbocycles. The number of carbonyl (C=O) groups excluding carboxylic acids is 2. The third-order valence-corrected chi connectivity index (χ3v) is 3.85. The fraction of sp³-hybridized carbons (Fsp3) is 0.235. The third kappa shape index (κ3) is 5.11. The van der Waals surface area contributed by atoms with Gasteiger partial charge in [-0.2, -0.15) is 5.26 Å². The molecule has 1 heterocycles. The van der Waals surface area contributed by atoms with Crippen molar-refractivity contribution >= 4 is 28.2 Å². The van der Waals surface area contributed by atoms with Crippen LogP contribution in [0.2, 0.25) is 0 Å². The molecule has 1 aromatic heterocycles. The predicted octanol–water partition coefficient (Wildman–Crippen LogP) is 2.96. The molecule has 6 nitrogen and oxygen atoms in total. The average Bonchev–Trinajstić information content (AvgIpc) is 3.02. The molecule has 1 aromatic carbocycles. The zero-order valence-corrected chi connectivity index (χ0v) is 13.8. The summed E-state index contributed by atoms with van der Waals surface area (Å²) in [5, 5.41) is 13.6. The molecule has 24 heavy (non-hydrogen) atoms. The minimum atomic E-state index is -0.956. The first-order chi connectivity index (χ1) is 11.6. The number of rotatable bonds is 7. The molecule has 2 aromatic rings. The van der Waals surface area contributed by atoms with E-state index >= 15 is 0 Å².